The minimum absolute atomic E-state index is 0.940. The molecule has 0 saturated heterocycles. The summed E-state index contributed by atoms with van der Waals surface area (Å²) in [7, 11) is 0. The Bertz CT molecular complexity index is 3320. The molecule has 2 heteroatoms. The van der Waals surface area contributed by atoms with Crippen LogP contribution in [0.4, 0.5) is 0 Å². The quantitative estimate of drug-likeness (QED) is 0.173. The van der Waals surface area contributed by atoms with Crippen molar-refractivity contribution in [3.63, 3.8) is 0 Å². The van der Waals surface area contributed by atoms with Gasteiger partial charge in [0.1, 0.15) is 0 Å². The predicted octanol–water partition coefficient (Wildman–Crippen LogP) is 13.9. The summed E-state index contributed by atoms with van der Waals surface area (Å²) in [5.74, 6) is 0. The van der Waals surface area contributed by atoms with E-state index in [1.54, 1.807) is 0 Å². The van der Waals surface area contributed by atoms with Crippen LogP contribution in [0.5, 0.6) is 0 Å². The third-order valence-corrected chi connectivity index (χ3v) is 11.9. The van der Waals surface area contributed by atoms with Crippen molar-refractivity contribution in [2.45, 2.75) is 6.42 Å². The van der Waals surface area contributed by atoms with Crippen molar-refractivity contribution >= 4 is 54.4 Å². The lowest BCUT2D eigenvalue weighted by molar-refractivity contribution is 1.16. The molecule has 0 bridgehead atoms. The molecule has 0 amide bonds. The first-order valence-corrected chi connectivity index (χ1v) is 19.1. The highest BCUT2D eigenvalue weighted by Gasteiger charge is 2.25. The third-order valence-electron chi connectivity index (χ3n) is 11.9. The Morgan fingerprint density at radius 2 is 0.945 bits per heavy atom. The molecule has 2 aromatic heterocycles. The van der Waals surface area contributed by atoms with Crippen LogP contribution >= 0.6 is 0 Å². The van der Waals surface area contributed by atoms with E-state index >= 15 is 0 Å². The summed E-state index contributed by atoms with van der Waals surface area (Å²) < 4.78 is 4.92. The number of hydrogen-bond donors (Lipinski definition) is 0. The van der Waals surface area contributed by atoms with Crippen molar-refractivity contribution in [1.29, 1.82) is 0 Å². The van der Waals surface area contributed by atoms with E-state index in [0.717, 1.165) is 12.1 Å². The Kier molecular flexibility index (Phi) is 6.43. The van der Waals surface area contributed by atoms with Gasteiger partial charge in [-0.1, -0.05) is 140 Å². The van der Waals surface area contributed by atoms with Gasteiger partial charge in [-0.2, -0.15) is 0 Å². The fraction of sp³-hybridized carbons (Fsp3) is 0.0189. The van der Waals surface area contributed by atoms with Crippen LogP contribution in [0.25, 0.3) is 99.1 Å². The molecule has 1 aliphatic carbocycles. The van der Waals surface area contributed by atoms with Gasteiger partial charge in [0.05, 0.1) is 22.1 Å². The molecule has 1 aliphatic rings. The van der Waals surface area contributed by atoms with Gasteiger partial charge in [0.15, 0.2) is 0 Å². The SMILES string of the molecule is c1ccc(-c2ccc(-n3c4ccccc4c4cc(-c5ccc6c(c5)c5ccc7c(c5n6-c5ccc6ccccc6c5)Cc5ccccc5-7)ccc43)cc2)cc1. The molecule has 0 saturated carbocycles. The number of hydrogen-bond acceptors (Lipinski definition) is 0. The maximum Gasteiger partial charge on any atom is 0.0582 e. The Morgan fingerprint density at radius 1 is 0.327 bits per heavy atom. The average molecular weight is 699 g/mol. The van der Waals surface area contributed by atoms with Crippen molar-refractivity contribution in [3.05, 3.63) is 205 Å². The zero-order valence-electron chi connectivity index (χ0n) is 30.1. The van der Waals surface area contributed by atoms with Crippen molar-refractivity contribution in [2.75, 3.05) is 0 Å². The topological polar surface area (TPSA) is 9.86 Å². The van der Waals surface area contributed by atoms with Crippen molar-refractivity contribution < 1.29 is 0 Å². The third kappa shape index (κ3) is 4.55. The van der Waals surface area contributed by atoms with E-state index in [9.17, 15) is 0 Å². The van der Waals surface area contributed by atoms with E-state index in [4.69, 9.17) is 0 Å². The number of para-hydroxylation sites is 1. The molecular formula is C53H34N2. The Morgan fingerprint density at radius 3 is 1.78 bits per heavy atom. The van der Waals surface area contributed by atoms with Crippen LogP contribution in [-0.4, -0.2) is 9.13 Å². The Hall–Kier alpha value is -7.16. The smallest absolute Gasteiger partial charge is 0.0582 e. The van der Waals surface area contributed by atoms with Crippen LogP contribution in [0.3, 0.4) is 0 Å². The van der Waals surface area contributed by atoms with E-state index in [-0.39, 0.29) is 0 Å². The van der Waals surface area contributed by atoms with E-state index in [1.165, 1.54) is 105 Å². The fourth-order valence-electron chi connectivity index (χ4n) is 9.36. The molecule has 9 aromatic carbocycles. The molecule has 0 fully saturated rings. The second-order valence-electron chi connectivity index (χ2n) is 14.9. The van der Waals surface area contributed by atoms with Gasteiger partial charge >= 0.3 is 0 Å². The van der Waals surface area contributed by atoms with Crippen LogP contribution < -0.4 is 0 Å². The van der Waals surface area contributed by atoms with Crippen LogP contribution in [0.15, 0.2) is 194 Å². The summed E-state index contributed by atoms with van der Waals surface area (Å²) in [6, 6.07) is 71.6. The van der Waals surface area contributed by atoms with Gasteiger partial charge in [0.25, 0.3) is 0 Å². The van der Waals surface area contributed by atoms with Gasteiger partial charge in [-0.15, -0.1) is 0 Å². The lowest BCUT2D eigenvalue weighted by Gasteiger charge is -2.12. The largest absolute Gasteiger partial charge is 0.309 e. The molecule has 0 N–H and O–H groups in total. The molecule has 0 aliphatic heterocycles. The molecule has 256 valence electrons. The molecule has 0 unspecified atom stereocenters. The summed E-state index contributed by atoms with van der Waals surface area (Å²) in [6.07, 6.45) is 0.940. The normalized spacial score (nSPS) is 12.3. The van der Waals surface area contributed by atoms with E-state index in [0.29, 0.717) is 0 Å². The van der Waals surface area contributed by atoms with Gasteiger partial charge in [-0.05, 0) is 110 Å². The summed E-state index contributed by atoms with van der Waals surface area (Å²) in [6.45, 7) is 0. The standard InChI is InChI=1S/C53H34N2/c1-2-10-34(11-3-1)36-18-23-41(24-19-36)54-50-17-9-8-16-45(50)47-31-38(21-28-51(47)54)39-22-29-52-48(32-39)46-27-26-44-43-15-7-6-14-40(43)33-49(44)53(46)55(52)42-25-20-35-12-4-5-13-37(35)30-42/h1-32H,33H2. The molecular weight excluding hydrogens is 665 g/mol. The number of rotatable bonds is 4. The number of benzene rings is 9. The minimum Gasteiger partial charge on any atom is -0.309 e. The maximum absolute atomic E-state index is 2.52. The van der Waals surface area contributed by atoms with Crippen LogP contribution in [0.1, 0.15) is 11.1 Å². The van der Waals surface area contributed by atoms with Crippen LogP contribution in [0, 0.1) is 0 Å². The second-order valence-corrected chi connectivity index (χ2v) is 14.9. The van der Waals surface area contributed by atoms with Gasteiger partial charge in [0.2, 0.25) is 0 Å². The zero-order valence-corrected chi connectivity index (χ0v) is 30.1. The van der Waals surface area contributed by atoms with E-state index in [2.05, 4.69) is 203 Å². The van der Waals surface area contributed by atoms with Gasteiger partial charge in [-0.3, -0.25) is 0 Å². The summed E-state index contributed by atoms with van der Waals surface area (Å²) in [5.41, 5.74) is 17.7. The maximum atomic E-state index is 2.52. The van der Waals surface area contributed by atoms with Gasteiger partial charge in [-0.25, -0.2) is 0 Å². The van der Waals surface area contributed by atoms with Crippen LogP contribution in [0.2, 0.25) is 0 Å². The minimum atomic E-state index is 0.940. The predicted molar refractivity (Wildman–Crippen MR) is 232 cm³/mol. The Labute approximate surface area is 318 Å². The van der Waals surface area contributed by atoms with Crippen molar-refractivity contribution in [1.82, 2.24) is 9.13 Å². The summed E-state index contributed by atoms with van der Waals surface area (Å²) >= 11 is 0. The van der Waals surface area contributed by atoms with Crippen molar-refractivity contribution in [2.24, 2.45) is 0 Å². The number of fused-ring (bicyclic) bond motifs is 11. The highest BCUT2D eigenvalue weighted by atomic mass is 15.0. The average Bonchev–Trinajstić information content (AvgIpc) is 3.91. The monoisotopic (exact) mass is 698 g/mol. The summed E-state index contributed by atoms with van der Waals surface area (Å²) in [5, 5.41) is 7.61. The van der Waals surface area contributed by atoms with Crippen molar-refractivity contribution in [3.8, 4) is 44.8 Å². The Balaban J connectivity index is 1.04. The molecule has 55 heavy (non-hydrogen) atoms. The summed E-state index contributed by atoms with van der Waals surface area (Å²) in [4.78, 5) is 0. The lowest BCUT2D eigenvalue weighted by atomic mass is 9.99. The molecule has 2 nitrogen and oxygen atoms in total. The van der Waals surface area contributed by atoms with Gasteiger partial charge < -0.3 is 9.13 Å². The van der Waals surface area contributed by atoms with Crippen LogP contribution in [-0.2, 0) is 6.42 Å². The first-order valence-electron chi connectivity index (χ1n) is 19.1. The molecule has 12 rings (SSSR count). The zero-order chi connectivity index (χ0) is 36.0. The van der Waals surface area contributed by atoms with E-state index < -0.39 is 0 Å². The molecule has 0 atom stereocenters. The highest BCUT2D eigenvalue weighted by Crippen LogP contribution is 2.45. The molecule has 2 heterocycles. The van der Waals surface area contributed by atoms with E-state index in [1.807, 2.05) is 0 Å². The number of nitrogens with zero attached hydrogens (tertiary/aromatic N) is 2. The molecule has 0 spiro atoms. The first kappa shape index (κ1) is 30.3. The second kappa shape index (κ2) is 11.7. The molecule has 11 aromatic rings. The number of aromatic nitrogens is 2. The highest BCUT2D eigenvalue weighted by molar-refractivity contribution is 6.14. The molecule has 0 radical (unpaired) electrons. The van der Waals surface area contributed by atoms with Gasteiger partial charge in [0, 0.05) is 39.3 Å². The lowest BCUT2D eigenvalue weighted by Crippen LogP contribution is -1.97. The first-order chi connectivity index (χ1) is 27.3. The fourth-order valence-corrected chi connectivity index (χ4v) is 9.36.